The largest absolute Gasteiger partial charge is 0.492 e. The molecule has 0 spiro atoms. The average molecular weight is 502 g/mol. The van der Waals surface area contributed by atoms with Crippen LogP contribution in [0.25, 0.3) is 0 Å². The molecule has 10 heteroatoms. The van der Waals surface area contributed by atoms with E-state index in [9.17, 15) is 0 Å². The molecule has 0 aliphatic carbocycles. The van der Waals surface area contributed by atoms with Crippen LogP contribution in [0.1, 0.15) is 18.9 Å². The predicted molar refractivity (Wildman–Crippen MR) is 106 cm³/mol. The summed E-state index contributed by atoms with van der Waals surface area (Å²) in [6.45, 7) is 4.39. The van der Waals surface area contributed by atoms with Crippen LogP contribution in [0.2, 0.25) is 0 Å². The third-order valence-corrected chi connectivity index (χ3v) is 5.26. The summed E-state index contributed by atoms with van der Waals surface area (Å²) in [4.78, 5) is 0. The second-order valence-corrected chi connectivity index (χ2v) is 7.56. The van der Waals surface area contributed by atoms with E-state index < -0.39 is 0 Å². The summed E-state index contributed by atoms with van der Waals surface area (Å²) in [6, 6.07) is 4.17. The van der Waals surface area contributed by atoms with Gasteiger partial charge in [0.15, 0.2) is 0 Å². The van der Waals surface area contributed by atoms with Crippen LogP contribution >= 0.6 is 56.0 Å². The van der Waals surface area contributed by atoms with E-state index in [4.69, 9.17) is 4.74 Å². The number of nitrogens with zero attached hydrogens (tertiary/aromatic N) is 4. The predicted octanol–water partition coefficient (Wildman–Crippen LogP) is 3.83. The average Bonchev–Trinajstić information content (AvgIpc) is 2.92. The lowest BCUT2D eigenvalue weighted by Crippen LogP contribution is -2.15. The van der Waals surface area contributed by atoms with Crippen molar-refractivity contribution in [3.63, 3.8) is 0 Å². The Kier molecular flexibility index (Phi) is 10.2. The zero-order valence-corrected chi connectivity index (χ0v) is 18.3. The van der Waals surface area contributed by atoms with E-state index in [1.165, 1.54) is 5.56 Å². The van der Waals surface area contributed by atoms with Crippen molar-refractivity contribution >= 4 is 56.0 Å². The molecule has 0 aliphatic heterocycles. The number of tetrazole rings is 1. The van der Waals surface area contributed by atoms with Crippen molar-refractivity contribution in [1.29, 1.82) is 0 Å². The summed E-state index contributed by atoms with van der Waals surface area (Å²) in [5, 5.41) is 15.7. The third-order valence-electron chi connectivity index (χ3n) is 2.99. The Labute approximate surface area is 169 Å². The van der Waals surface area contributed by atoms with Crippen molar-refractivity contribution in [3.05, 3.63) is 26.6 Å². The molecule has 1 aromatic carbocycles. The lowest BCUT2D eigenvalue weighted by Gasteiger charge is -2.11. The SMILES string of the molecule is CCOc1c(Br)cc(CNCCCSc2nnnn2C)cc1Br.Cl. The molecule has 1 N–H and O–H groups in total. The molecule has 24 heavy (non-hydrogen) atoms. The summed E-state index contributed by atoms with van der Waals surface area (Å²) in [6.07, 6.45) is 1.05. The Balaban J connectivity index is 0.00000288. The highest BCUT2D eigenvalue weighted by atomic mass is 79.9. The van der Waals surface area contributed by atoms with Gasteiger partial charge in [-0.05, 0) is 79.9 Å². The van der Waals surface area contributed by atoms with Crippen LogP contribution in [0.5, 0.6) is 5.75 Å². The van der Waals surface area contributed by atoms with Crippen molar-refractivity contribution in [2.75, 3.05) is 18.9 Å². The van der Waals surface area contributed by atoms with E-state index in [0.29, 0.717) is 6.61 Å². The van der Waals surface area contributed by atoms with Crippen LogP contribution in [0.15, 0.2) is 26.2 Å². The van der Waals surface area contributed by atoms with E-state index in [1.54, 1.807) is 16.4 Å². The van der Waals surface area contributed by atoms with Gasteiger partial charge in [-0.1, -0.05) is 11.8 Å². The normalized spacial score (nSPS) is 10.5. The van der Waals surface area contributed by atoms with Crippen LogP contribution in [0.3, 0.4) is 0 Å². The second kappa shape index (κ2) is 11.3. The first-order valence-electron chi connectivity index (χ1n) is 7.28. The topological polar surface area (TPSA) is 64.9 Å². The maximum atomic E-state index is 5.59. The van der Waals surface area contributed by atoms with E-state index >= 15 is 0 Å². The van der Waals surface area contributed by atoms with Crippen molar-refractivity contribution in [2.24, 2.45) is 7.05 Å². The molecule has 0 radical (unpaired) electrons. The quantitative estimate of drug-likeness (QED) is 0.416. The van der Waals surface area contributed by atoms with Crippen LogP contribution in [-0.2, 0) is 13.6 Å². The Morgan fingerprint density at radius 1 is 1.29 bits per heavy atom. The molecule has 0 unspecified atom stereocenters. The first-order valence-corrected chi connectivity index (χ1v) is 9.85. The number of rotatable bonds is 9. The summed E-state index contributed by atoms with van der Waals surface area (Å²) in [5.74, 6) is 1.84. The molecular formula is C14H20Br2ClN5OS. The minimum absolute atomic E-state index is 0. The monoisotopic (exact) mass is 499 g/mol. The van der Waals surface area contributed by atoms with E-state index in [2.05, 4.69) is 64.8 Å². The van der Waals surface area contributed by atoms with Gasteiger partial charge in [0.1, 0.15) is 5.75 Å². The Morgan fingerprint density at radius 3 is 2.58 bits per heavy atom. The van der Waals surface area contributed by atoms with Gasteiger partial charge in [-0.3, -0.25) is 0 Å². The van der Waals surface area contributed by atoms with Crippen molar-refractivity contribution < 1.29 is 4.74 Å². The van der Waals surface area contributed by atoms with Gasteiger partial charge in [-0.15, -0.1) is 17.5 Å². The molecule has 134 valence electrons. The molecule has 1 heterocycles. The number of hydrogen-bond donors (Lipinski definition) is 1. The van der Waals surface area contributed by atoms with Crippen LogP contribution in [0.4, 0.5) is 0 Å². The van der Waals surface area contributed by atoms with Crippen LogP contribution in [0, 0.1) is 0 Å². The molecule has 2 rings (SSSR count). The summed E-state index contributed by atoms with van der Waals surface area (Å²) >= 11 is 8.78. The molecule has 0 aliphatic rings. The lowest BCUT2D eigenvalue weighted by atomic mass is 10.2. The van der Waals surface area contributed by atoms with E-state index in [-0.39, 0.29) is 12.4 Å². The summed E-state index contributed by atoms with van der Waals surface area (Å²) in [7, 11) is 1.85. The highest BCUT2D eigenvalue weighted by molar-refractivity contribution is 9.11. The first-order chi connectivity index (χ1) is 11.1. The molecule has 0 saturated heterocycles. The molecule has 1 aromatic heterocycles. The number of aryl methyl sites for hydroxylation is 1. The minimum Gasteiger partial charge on any atom is -0.492 e. The van der Waals surface area contributed by atoms with E-state index in [1.807, 2.05) is 14.0 Å². The maximum absolute atomic E-state index is 5.59. The lowest BCUT2D eigenvalue weighted by molar-refractivity contribution is 0.336. The standard InChI is InChI=1S/C14H19Br2N5OS.ClH/c1-3-22-13-11(15)7-10(8-12(13)16)9-17-5-4-6-23-14-18-19-20-21(14)2;/h7-8,17H,3-6,9H2,1-2H3;1H. The fraction of sp³-hybridized carbons (Fsp3) is 0.500. The number of thioether (sulfide) groups is 1. The molecule has 0 bridgehead atoms. The van der Waals surface area contributed by atoms with Gasteiger partial charge in [0.25, 0.3) is 0 Å². The number of benzene rings is 1. The molecular weight excluding hydrogens is 482 g/mol. The summed E-state index contributed by atoms with van der Waals surface area (Å²) < 4.78 is 9.21. The molecule has 0 saturated carbocycles. The number of halogens is 3. The Hall–Kier alpha value is -0.350. The highest BCUT2D eigenvalue weighted by Crippen LogP contribution is 2.34. The Bertz CT molecular complexity index is 620. The van der Waals surface area contributed by atoms with Crippen molar-refractivity contribution in [3.8, 4) is 5.75 Å². The van der Waals surface area contributed by atoms with Crippen molar-refractivity contribution in [1.82, 2.24) is 25.5 Å². The fourth-order valence-electron chi connectivity index (χ4n) is 1.93. The van der Waals surface area contributed by atoms with Gasteiger partial charge in [-0.25, -0.2) is 4.68 Å². The van der Waals surface area contributed by atoms with Crippen LogP contribution < -0.4 is 10.1 Å². The van der Waals surface area contributed by atoms with Gasteiger partial charge in [0, 0.05) is 19.3 Å². The van der Waals surface area contributed by atoms with Crippen LogP contribution in [-0.4, -0.2) is 39.1 Å². The molecule has 6 nitrogen and oxygen atoms in total. The van der Waals surface area contributed by atoms with Gasteiger partial charge in [0.05, 0.1) is 15.6 Å². The maximum Gasteiger partial charge on any atom is 0.209 e. The fourth-order valence-corrected chi connectivity index (χ4v) is 4.23. The first kappa shape index (κ1) is 21.7. The van der Waals surface area contributed by atoms with Crippen molar-refractivity contribution in [2.45, 2.75) is 25.0 Å². The number of hydrogen-bond acceptors (Lipinski definition) is 6. The highest BCUT2D eigenvalue weighted by Gasteiger charge is 2.08. The molecule has 0 amide bonds. The second-order valence-electron chi connectivity index (χ2n) is 4.79. The minimum atomic E-state index is 0. The number of nitrogens with one attached hydrogen (secondary N) is 1. The number of ether oxygens (including phenoxy) is 1. The smallest absolute Gasteiger partial charge is 0.209 e. The molecule has 2 aromatic rings. The third kappa shape index (κ3) is 6.51. The van der Waals surface area contributed by atoms with E-state index in [0.717, 1.165) is 45.1 Å². The zero-order valence-electron chi connectivity index (χ0n) is 13.5. The molecule has 0 fully saturated rings. The van der Waals surface area contributed by atoms with Gasteiger partial charge < -0.3 is 10.1 Å². The van der Waals surface area contributed by atoms with Gasteiger partial charge in [-0.2, -0.15) is 0 Å². The summed E-state index contributed by atoms with van der Waals surface area (Å²) in [5.41, 5.74) is 1.21. The number of aromatic nitrogens is 4. The van der Waals surface area contributed by atoms with Gasteiger partial charge in [0.2, 0.25) is 5.16 Å². The molecule has 0 atom stereocenters. The Morgan fingerprint density at radius 2 is 2.00 bits per heavy atom. The van der Waals surface area contributed by atoms with Gasteiger partial charge >= 0.3 is 0 Å². The zero-order chi connectivity index (χ0) is 16.7.